The molecule has 0 bridgehead atoms. The summed E-state index contributed by atoms with van der Waals surface area (Å²) in [5.74, 6) is -0.188. The number of hydrogen-bond donors (Lipinski definition) is 1. The minimum Gasteiger partial charge on any atom is -0.316 e. The summed E-state index contributed by atoms with van der Waals surface area (Å²) in [7, 11) is 3.92. The molecule has 1 N–H and O–H groups in total. The van der Waals surface area contributed by atoms with Gasteiger partial charge in [-0.05, 0) is 44.2 Å². The molecule has 19 heavy (non-hydrogen) atoms. The highest BCUT2D eigenvalue weighted by Gasteiger charge is 2.11. The second-order valence-corrected chi connectivity index (χ2v) is 4.92. The number of aryl methyl sites for hydroxylation is 2. The van der Waals surface area contributed by atoms with Gasteiger partial charge in [0.15, 0.2) is 0 Å². The van der Waals surface area contributed by atoms with E-state index in [2.05, 4.69) is 16.5 Å². The van der Waals surface area contributed by atoms with Gasteiger partial charge in [-0.25, -0.2) is 4.39 Å². The van der Waals surface area contributed by atoms with Crippen LogP contribution in [0.25, 0.3) is 0 Å². The van der Waals surface area contributed by atoms with Crippen molar-refractivity contribution in [1.29, 1.82) is 0 Å². The fourth-order valence-electron chi connectivity index (χ4n) is 2.29. The third-order valence-corrected chi connectivity index (χ3v) is 3.36. The quantitative estimate of drug-likeness (QED) is 0.894. The molecule has 0 aliphatic heterocycles. The zero-order valence-corrected chi connectivity index (χ0v) is 11.7. The number of aromatic nitrogens is 2. The highest BCUT2D eigenvalue weighted by Crippen LogP contribution is 2.11. The normalized spacial score (nSPS) is 12.6. The molecule has 2 rings (SSSR count). The van der Waals surface area contributed by atoms with Gasteiger partial charge >= 0.3 is 0 Å². The van der Waals surface area contributed by atoms with E-state index in [1.54, 1.807) is 0 Å². The van der Waals surface area contributed by atoms with Crippen LogP contribution in [0.15, 0.2) is 30.3 Å². The maximum Gasteiger partial charge on any atom is 0.123 e. The first-order chi connectivity index (χ1) is 9.08. The number of rotatable bonds is 5. The van der Waals surface area contributed by atoms with Crippen LogP contribution in [0.5, 0.6) is 0 Å². The molecule has 1 heterocycles. The van der Waals surface area contributed by atoms with Crippen molar-refractivity contribution in [2.45, 2.75) is 25.8 Å². The van der Waals surface area contributed by atoms with Gasteiger partial charge in [-0.1, -0.05) is 12.1 Å². The second-order valence-electron chi connectivity index (χ2n) is 4.92. The molecule has 0 spiro atoms. The van der Waals surface area contributed by atoms with Crippen LogP contribution in [0.1, 0.15) is 17.0 Å². The van der Waals surface area contributed by atoms with Crippen LogP contribution in [-0.4, -0.2) is 22.9 Å². The molecule has 0 aliphatic carbocycles. The highest BCUT2D eigenvalue weighted by atomic mass is 19.1. The summed E-state index contributed by atoms with van der Waals surface area (Å²) in [4.78, 5) is 0. The third-order valence-electron chi connectivity index (χ3n) is 3.36. The van der Waals surface area contributed by atoms with E-state index in [4.69, 9.17) is 0 Å². The van der Waals surface area contributed by atoms with E-state index in [1.165, 1.54) is 17.8 Å². The van der Waals surface area contributed by atoms with Crippen LogP contribution in [-0.2, 0) is 19.9 Å². The largest absolute Gasteiger partial charge is 0.316 e. The first-order valence-corrected chi connectivity index (χ1v) is 6.49. The summed E-state index contributed by atoms with van der Waals surface area (Å²) < 4.78 is 14.8. The zero-order chi connectivity index (χ0) is 13.8. The van der Waals surface area contributed by atoms with E-state index in [0.29, 0.717) is 6.04 Å². The van der Waals surface area contributed by atoms with Crippen LogP contribution in [0, 0.1) is 12.7 Å². The maximum atomic E-state index is 12.9. The number of nitrogens with one attached hydrogen (secondary N) is 1. The van der Waals surface area contributed by atoms with E-state index < -0.39 is 0 Å². The number of nitrogens with zero attached hydrogens (tertiary/aromatic N) is 2. The lowest BCUT2D eigenvalue weighted by atomic mass is 10.0. The lowest BCUT2D eigenvalue weighted by molar-refractivity contribution is 0.533. The van der Waals surface area contributed by atoms with Crippen molar-refractivity contribution in [3.05, 3.63) is 53.1 Å². The first-order valence-electron chi connectivity index (χ1n) is 6.49. The topological polar surface area (TPSA) is 29.9 Å². The standard InChI is InChI=1S/C15H20FN3/c1-11-8-15(19(3)18-11)10-14(17-2)9-12-4-6-13(16)7-5-12/h4-8,14,17H,9-10H2,1-3H3. The predicted octanol–water partition coefficient (Wildman–Crippen LogP) is 2.24. The van der Waals surface area contributed by atoms with Crippen LogP contribution in [0.4, 0.5) is 4.39 Å². The Kier molecular flexibility index (Phi) is 4.32. The summed E-state index contributed by atoms with van der Waals surface area (Å²) in [6, 6.07) is 9.13. The lowest BCUT2D eigenvalue weighted by Crippen LogP contribution is -2.30. The van der Waals surface area contributed by atoms with Crippen molar-refractivity contribution in [2.24, 2.45) is 7.05 Å². The van der Waals surface area contributed by atoms with Gasteiger partial charge in [0.05, 0.1) is 5.69 Å². The second kappa shape index (κ2) is 5.97. The molecule has 0 aliphatic rings. The minimum atomic E-state index is -0.188. The Bertz CT molecular complexity index is 531. The molecule has 1 aromatic heterocycles. The third kappa shape index (κ3) is 3.64. The maximum absolute atomic E-state index is 12.9. The summed E-state index contributed by atoms with van der Waals surface area (Å²) in [6.07, 6.45) is 1.78. The van der Waals surface area contributed by atoms with E-state index in [-0.39, 0.29) is 5.82 Å². The van der Waals surface area contributed by atoms with E-state index >= 15 is 0 Å². The van der Waals surface area contributed by atoms with Gasteiger partial charge < -0.3 is 5.32 Å². The molecule has 0 fully saturated rings. The monoisotopic (exact) mass is 261 g/mol. The molecule has 4 heteroatoms. The Labute approximate surface area is 113 Å². The van der Waals surface area contributed by atoms with Crippen molar-refractivity contribution in [3.63, 3.8) is 0 Å². The Morgan fingerprint density at radius 2 is 1.95 bits per heavy atom. The van der Waals surface area contributed by atoms with Gasteiger partial charge in [0, 0.05) is 25.2 Å². The molecule has 0 radical (unpaired) electrons. The van der Waals surface area contributed by atoms with E-state index in [0.717, 1.165) is 24.1 Å². The van der Waals surface area contributed by atoms with Crippen LogP contribution >= 0.6 is 0 Å². The van der Waals surface area contributed by atoms with Gasteiger partial charge in [0.2, 0.25) is 0 Å². The molecule has 0 saturated carbocycles. The summed E-state index contributed by atoms with van der Waals surface area (Å²) in [5.41, 5.74) is 3.38. The average molecular weight is 261 g/mol. The Balaban J connectivity index is 2.04. The van der Waals surface area contributed by atoms with Crippen LogP contribution in [0.2, 0.25) is 0 Å². The number of halogens is 1. The summed E-state index contributed by atoms with van der Waals surface area (Å²) in [5, 5.41) is 7.67. The fourth-order valence-corrected chi connectivity index (χ4v) is 2.29. The summed E-state index contributed by atoms with van der Waals surface area (Å²) in [6.45, 7) is 2.00. The molecule has 3 nitrogen and oxygen atoms in total. The molecular weight excluding hydrogens is 241 g/mol. The predicted molar refractivity (Wildman–Crippen MR) is 74.6 cm³/mol. The molecule has 0 saturated heterocycles. The number of benzene rings is 1. The van der Waals surface area contributed by atoms with Gasteiger partial charge in [0.1, 0.15) is 5.82 Å². The van der Waals surface area contributed by atoms with Crippen molar-refractivity contribution in [2.75, 3.05) is 7.05 Å². The SMILES string of the molecule is CNC(Cc1ccc(F)cc1)Cc1cc(C)nn1C. The molecule has 1 aromatic carbocycles. The molecule has 102 valence electrons. The Morgan fingerprint density at radius 3 is 2.47 bits per heavy atom. The van der Waals surface area contributed by atoms with Crippen molar-refractivity contribution in [3.8, 4) is 0 Å². The van der Waals surface area contributed by atoms with Crippen LogP contribution in [0.3, 0.4) is 0 Å². The minimum absolute atomic E-state index is 0.188. The van der Waals surface area contributed by atoms with Crippen LogP contribution < -0.4 is 5.32 Å². The number of hydrogen-bond acceptors (Lipinski definition) is 2. The van der Waals surface area contributed by atoms with Crippen molar-refractivity contribution >= 4 is 0 Å². The molecule has 1 unspecified atom stereocenters. The summed E-state index contributed by atoms with van der Waals surface area (Å²) >= 11 is 0. The Hall–Kier alpha value is -1.68. The first kappa shape index (κ1) is 13.7. The average Bonchev–Trinajstić information content (AvgIpc) is 2.69. The van der Waals surface area contributed by atoms with Gasteiger partial charge in [-0.15, -0.1) is 0 Å². The van der Waals surface area contributed by atoms with Gasteiger partial charge in [-0.2, -0.15) is 5.10 Å². The smallest absolute Gasteiger partial charge is 0.123 e. The van der Waals surface area contributed by atoms with Gasteiger partial charge in [0.25, 0.3) is 0 Å². The highest BCUT2D eigenvalue weighted by molar-refractivity contribution is 5.18. The molecule has 1 atom stereocenters. The molecular formula is C15H20FN3. The van der Waals surface area contributed by atoms with Crippen molar-refractivity contribution in [1.82, 2.24) is 15.1 Å². The van der Waals surface area contributed by atoms with E-state index in [9.17, 15) is 4.39 Å². The Morgan fingerprint density at radius 1 is 1.26 bits per heavy atom. The lowest BCUT2D eigenvalue weighted by Gasteiger charge is -2.16. The zero-order valence-electron chi connectivity index (χ0n) is 11.7. The molecule has 0 amide bonds. The van der Waals surface area contributed by atoms with E-state index in [1.807, 2.05) is 37.8 Å². The fraction of sp³-hybridized carbons (Fsp3) is 0.400. The molecule has 2 aromatic rings. The van der Waals surface area contributed by atoms with Gasteiger partial charge in [-0.3, -0.25) is 4.68 Å². The number of likely N-dealkylation sites (N-methyl/N-ethyl adjacent to an activating group) is 1. The van der Waals surface area contributed by atoms with Crippen molar-refractivity contribution < 1.29 is 4.39 Å².